The molecule has 3 rings (SSSR count). The van der Waals surface area contributed by atoms with Crippen molar-refractivity contribution in [2.75, 3.05) is 11.1 Å². The number of rotatable bonds is 1. The molecule has 1 amide bonds. The van der Waals surface area contributed by atoms with Gasteiger partial charge in [0.2, 0.25) is 5.91 Å². The zero-order chi connectivity index (χ0) is 21.5. The summed E-state index contributed by atoms with van der Waals surface area (Å²) >= 11 is 0. The number of nitrogens with one attached hydrogen (secondary N) is 1. The largest absolute Gasteiger partial charge is 0.416 e. The molecule has 1 heterocycles. The van der Waals surface area contributed by atoms with E-state index in [1.807, 2.05) is 27.7 Å². The summed E-state index contributed by atoms with van der Waals surface area (Å²) in [5, 5.41) is 2.49. The van der Waals surface area contributed by atoms with Gasteiger partial charge >= 0.3 is 6.18 Å². The quantitative estimate of drug-likeness (QED) is 0.574. The number of halogens is 3. The third-order valence-corrected chi connectivity index (χ3v) is 3.73. The Balaban J connectivity index is 0.000000921. The highest BCUT2D eigenvalue weighted by Gasteiger charge is 2.33. The van der Waals surface area contributed by atoms with Gasteiger partial charge in [-0.1, -0.05) is 39.8 Å². The zero-order valence-electron chi connectivity index (χ0n) is 16.7. The predicted octanol–water partition coefficient (Wildman–Crippen LogP) is 6.11. The molecule has 1 aliphatic rings. The van der Waals surface area contributed by atoms with Crippen LogP contribution in [0.2, 0.25) is 0 Å². The van der Waals surface area contributed by atoms with Gasteiger partial charge in [-0.05, 0) is 42.3 Å². The van der Waals surface area contributed by atoms with Gasteiger partial charge < -0.3 is 11.1 Å². The van der Waals surface area contributed by atoms with Gasteiger partial charge in [-0.25, -0.2) is 0 Å². The zero-order valence-corrected chi connectivity index (χ0v) is 16.7. The Bertz CT molecular complexity index is 858. The van der Waals surface area contributed by atoms with Gasteiger partial charge in [-0.3, -0.25) is 9.79 Å². The second-order valence-electron chi connectivity index (χ2n) is 5.59. The number of aliphatic imine (C=N–C) groups is 1. The summed E-state index contributed by atoms with van der Waals surface area (Å²) in [5.41, 5.74) is 6.99. The minimum Gasteiger partial charge on any atom is -0.399 e. The van der Waals surface area contributed by atoms with E-state index in [4.69, 9.17) is 5.73 Å². The molecule has 0 bridgehead atoms. The highest BCUT2D eigenvalue weighted by molar-refractivity contribution is 6.17. The molecule has 0 fully saturated rings. The van der Waals surface area contributed by atoms with Crippen LogP contribution >= 0.6 is 0 Å². The number of nitrogen functional groups attached to an aromatic ring is 1. The Morgan fingerprint density at radius 3 is 2.29 bits per heavy atom. The molecule has 0 spiro atoms. The van der Waals surface area contributed by atoms with Crippen molar-refractivity contribution in [2.45, 2.75) is 47.2 Å². The van der Waals surface area contributed by atoms with Crippen LogP contribution < -0.4 is 11.1 Å². The lowest BCUT2D eigenvalue weighted by atomic mass is 10.1. The van der Waals surface area contributed by atoms with Crippen LogP contribution in [0, 0.1) is 6.92 Å². The number of hydrogen-bond acceptors (Lipinski definition) is 3. The summed E-state index contributed by atoms with van der Waals surface area (Å²) < 4.78 is 39.1. The standard InChI is InChI=1S/C17H14F3N3O.2C2H6/c1-9-5-14-15(7-12(9)17(18,19)20)23-16(24)8-13(22-14)10-3-2-4-11(21)6-10;2*1-2/h2-7H,8,21H2,1H3,(H,23,24);2*1-2H3. The maximum Gasteiger partial charge on any atom is 0.416 e. The molecule has 2 aromatic carbocycles. The predicted molar refractivity (Wildman–Crippen MR) is 109 cm³/mol. The Labute approximate surface area is 163 Å². The number of hydrogen-bond donors (Lipinski definition) is 2. The van der Waals surface area contributed by atoms with Gasteiger partial charge in [-0.2, -0.15) is 13.2 Å². The molecule has 28 heavy (non-hydrogen) atoms. The van der Waals surface area contributed by atoms with Crippen LogP contribution in [0.15, 0.2) is 41.4 Å². The first kappa shape index (κ1) is 23.2. The van der Waals surface area contributed by atoms with E-state index in [1.54, 1.807) is 24.3 Å². The molecule has 7 heteroatoms. The van der Waals surface area contributed by atoms with E-state index < -0.39 is 17.6 Å². The van der Waals surface area contributed by atoms with Crippen molar-refractivity contribution in [1.29, 1.82) is 0 Å². The van der Waals surface area contributed by atoms with E-state index in [0.29, 0.717) is 22.6 Å². The van der Waals surface area contributed by atoms with E-state index in [9.17, 15) is 18.0 Å². The Kier molecular flexibility index (Phi) is 8.22. The maximum atomic E-state index is 13.0. The highest BCUT2D eigenvalue weighted by atomic mass is 19.4. The number of alkyl halides is 3. The van der Waals surface area contributed by atoms with Crippen LogP contribution in [0.5, 0.6) is 0 Å². The summed E-state index contributed by atoms with van der Waals surface area (Å²) in [5.74, 6) is -0.424. The molecule has 0 saturated heterocycles. The smallest absolute Gasteiger partial charge is 0.399 e. The molecule has 0 saturated carbocycles. The van der Waals surface area contributed by atoms with Crippen molar-refractivity contribution in [3.05, 3.63) is 53.1 Å². The summed E-state index contributed by atoms with van der Waals surface area (Å²) in [7, 11) is 0. The van der Waals surface area contributed by atoms with E-state index in [1.165, 1.54) is 13.0 Å². The minimum atomic E-state index is -4.49. The number of carbonyl (C=O) groups excluding carboxylic acids is 1. The number of nitrogens with zero attached hydrogens (tertiary/aromatic N) is 1. The summed E-state index contributed by atoms with van der Waals surface area (Å²) in [6.45, 7) is 9.37. The molecule has 0 aromatic heterocycles. The highest BCUT2D eigenvalue weighted by Crippen LogP contribution is 2.39. The van der Waals surface area contributed by atoms with Crippen LogP contribution in [0.25, 0.3) is 0 Å². The number of aryl methyl sites for hydroxylation is 1. The lowest BCUT2D eigenvalue weighted by Crippen LogP contribution is -2.15. The van der Waals surface area contributed by atoms with Crippen LogP contribution in [-0.4, -0.2) is 11.6 Å². The first-order chi connectivity index (χ1) is 13.2. The Morgan fingerprint density at radius 2 is 1.71 bits per heavy atom. The molecular weight excluding hydrogens is 367 g/mol. The molecule has 0 unspecified atom stereocenters. The Morgan fingerprint density at radius 1 is 1.07 bits per heavy atom. The fourth-order valence-electron chi connectivity index (χ4n) is 2.61. The molecule has 3 N–H and O–H groups in total. The number of anilines is 2. The average Bonchev–Trinajstić information content (AvgIpc) is 2.81. The molecule has 152 valence electrons. The van der Waals surface area contributed by atoms with Gasteiger partial charge in [0, 0.05) is 5.69 Å². The number of nitrogens with two attached hydrogens (primary N) is 1. The maximum absolute atomic E-state index is 13.0. The SMILES string of the molecule is CC.CC.Cc1cc2c(cc1C(F)(F)F)NC(=O)CC(c1cccc(N)c1)=N2. The van der Waals surface area contributed by atoms with Crippen molar-refractivity contribution in [1.82, 2.24) is 0 Å². The number of fused-ring (bicyclic) bond motifs is 1. The first-order valence-corrected chi connectivity index (χ1v) is 9.19. The van der Waals surface area contributed by atoms with Gasteiger partial charge in [0.15, 0.2) is 0 Å². The van der Waals surface area contributed by atoms with Gasteiger partial charge in [0.1, 0.15) is 0 Å². The van der Waals surface area contributed by atoms with Gasteiger partial charge in [-0.15, -0.1) is 0 Å². The molecule has 2 aromatic rings. The monoisotopic (exact) mass is 393 g/mol. The molecule has 0 radical (unpaired) electrons. The van der Waals surface area contributed by atoms with E-state index in [0.717, 1.165) is 6.07 Å². The minimum absolute atomic E-state index is 0.0431. The summed E-state index contributed by atoms with van der Waals surface area (Å²) in [6.07, 6.45) is -4.53. The number of amides is 1. The van der Waals surface area contributed by atoms with E-state index >= 15 is 0 Å². The lowest BCUT2D eigenvalue weighted by Gasteiger charge is -2.13. The van der Waals surface area contributed by atoms with E-state index in [2.05, 4.69) is 10.3 Å². The Hall–Kier alpha value is -2.83. The van der Waals surface area contributed by atoms with Crippen LogP contribution in [0.3, 0.4) is 0 Å². The number of carbonyl (C=O) groups is 1. The lowest BCUT2D eigenvalue weighted by molar-refractivity contribution is -0.138. The molecule has 0 aliphatic carbocycles. The molecule has 4 nitrogen and oxygen atoms in total. The van der Waals surface area contributed by atoms with Crippen molar-refractivity contribution < 1.29 is 18.0 Å². The topological polar surface area (TPSA) is 67.5 Å². The van der Waals surface area contributed by atoms with Crippen molar-refractivity contribution in [3.63, 3.8) is 0 Å². The fraction of sp³-hybridized carbons (Fsp3) is 0.333. The second kappa shape index (κ2) is 9.92. The van der Waals surface area contributed by atoms with Crippen molar-refractivity contribution >= 4 is 28.7 Å². The van der Waals surface area contributed by atoms with Gasteiger partial charge in [0.25, 0.3) is 0 Å². The molecule has 0 atom stereocenters. The van der Waals surface area contributed by atoms with E-state index in [-0.39, 0.29) is 17.7 Å². The normalized spacial score (nSPS) is 12.9. The third-order valence-electron chi connectivity index (χ3n) is 3.73. The summed E-state index contributed by atoms with van der Waals surface area (Å²) in [6, 6.07) is 9.12. The summed E-state index contributed by atoms with van der Waals surface area (Å²) in [4.78, 5) is 16.5. The average molecular weight is 393 g/mol. The van der Waals surface area contributed by atoms with Crippen LogP contribution in [0.1, 0.15) is 50.8 Å². The van der Waals surface area contributed by atoms with Gasteiger partial charge in [0.05, 0.1) is 29.1 Å². The van der Waals surface area contributed by atoms with Crippen LogP contribution in [-0.2, 0) is 11.0 Å². The van der Waals surface area contributed by atoms with Crippen molar-refractivity contribution in [3.8, 4) is 0 Å². The second-order valence-corrected chi connectivity index (χ2v) is 5.59. The first-order valence-electron chi connectivity index (χ1n) is 9.19. The number of benzene rings is 2. The van der Waals surface area contributed by atoms with Crippen LogP contribution in [0.4, 0.5) is 30.2 Å². The molecular formula is C21H26F3N3O. The fourth-order valence-corrected chi connectivity index (χ4v) is 2.61. The van der Waals surface area contributed by atoms with Crippen molar-refractivity contribution in [2.24, 2.45) is 4.99 Å². The third kappa shape index (κ3) is 5.58. The molecule has 1 aliphatic heterocycles.